The fourth-order valence-electron chi connectivity index (χ4n) is 4.80. The Labute approximate surface area is 253 Å². The Balaban J connectivity index is 2.12. The lowest BCUT2D eigenvalue weighted by atomic mass is 9.95. The van der Waals surface area contributed by atoms with Crippen molar-refractivity contribution in [2.75, 3.05) is 11.9 Å². The van der Waals surface area contributed by atoms with Gasteiger partial charge in [-0.15, -0.1) is 0 Å². The summed E-state index contributed by atoms with van der Waals surface area (Å²) >= 11 is 0. The Morgan fingerprint density at radius 1 is 0.953 bits per heavy atom. The molecule has 0 radical (unpaired) electrons. The van der Waals surface area contributed by atoms with Gasteiger partial charge in [0.25, 0.3) is 5.91 Å². The van der Waals surface area contributed by atoms with Crippen LogP contribution in [0.2, 0.25) is 0 Å². The summed E-state index contributed by atoms with van der Waals surface area (Å²) in [5, 5.41) is 25.3. The number of nitriles is 1. The van der Waals surface area contributed by atoms with Crippen molar-refractivity contribution in [1.29, 1.82) is 5.26 Å². The fourth-order valence-corrected chi connectivity index (χ4v) is 4.80. The molecule has 0 saturated heterocycles. The number of nitrogens with one attached hydrogen (secondary N) is 2. The number of aryl methyl sites for hydroxylation is 4. The minimum Gasteiger partial charge on any atom is -0.508 e. The number of benzene rings is 3. The number of ether oxygens (including phenoxy) is 1. The summed E-state index contributed by atoms with van der Waals surface area (Å²) in [6.45, 7) is 12.2. The summed E-state index contributed by atoms with van der Waals surface area (Å²) in [5.74, 6) is -1.07. The van der Waals surface area contributed by atoms with Gasteiger partial charge in [-0.05, 0) is 88.4 Å². The van der Waals surface area contributed by atoms with Crippen LogP contribution in [0, 0.1) is 39.0 Å². The van der Waals surface area contributed by atoms with Crippen LogP contribution in [0.15, 0.2) is 60.7 Å². The molecule has 0 fully saturated rings. The van der Waals surface area contributed by atoms with Gasteiger partial charge in [0, 0.05) is 12.1 Å². The summed E-state index contributed by atoms with van der Waals surface area (Å²) < 4.78 is 5.44. The Hall–Kier alpha value is -4.84. The molecule has 0 spiro atoms. The number of para-hydroxylation sites is 1. The van der Waals surface area contributed by atoms with Gasteiger partial charge in [-0.3, -0.25) is 9.59 Å². The number of alkyl carbamates (subject to hydrolysis) is 1. The lowest BCUT2D eigenvalue weighted by Crippen LogP contribution is -2.53. The van der Waals surface area contributed by atoms with E-state index in [2.05, 4.69) is 10.6 Å². The zero-order chi connectivity index (χ0) is 31.9. The van der Waals surface area contributed by atoms with E-state index in [0.717, 1.165) is 22.3 Å². The fraction of sp³-hybridized carbons (Fsp3) is 0.353. The molecule has 3 aromatic rings. The van der Waals surface area contributed by atoms with Crippen molar-refractivity contribution < 1.29 is 24.2 Å². The van der Waals surface area contributed by atoms with E-state index in [9.17, 15) is 24.8 Å². The van der Waals surface area contributed by atoms with Gasteiger partial charge in [0.15, 0.2) is 0 Å². The predicted molar refractivity (Wildman–Crippen MR) is 165 cm³/mol. The molecule has 3 aromatic carbocycles. The molecule has 0 aliphatic carbocycles. The second-order valence-corrected chi connectivity index (χ2v) is 11.7. The smallest absolute Gasteiger partial charge is 0.408 e. The molecule has 0 bridgehead atoms. The topological polar surface area (TPSA) is 132 Å². The van der Waals surface area contributed by atoms with Crippen LogP contribution in [0.4, 0.5) is 10.5 Å². The number of aromatic hydroxyl groups is 1. The molecule has 43 heavy (non-hydrogen) atoms. The summed E-state index contributed by atoms with van der Waals surface area (Å²) in [7, 11) is 0. The number of phenolic OH excluding ortho intramolecular Hbond substituents is 1. The zero-order valence-corrected chi connectivity index (χ0v) is 25.8. The van der Waals surface area contributed by atoms with Gasteiger partial charge in [-0.25, -0.2) is 4.79 Å². The number of amides is 3. The average Bonchev–Trinajstić information content (AvgIpc) is 2.92. The highest BCUT2D eigenvalue weighted by atomic mass is 16.6. The van der Waals surface area contributed by atoms with Gasteiger partial charge in [-0.2, -0.15) is 5.26 Å². The molecule has 0 saturated carbocycles. The van der Waals surface area contributed by atoms with Gasteiger partial charge in [0.2, 0.25) is 5.91 Å². The first-order chi connectivity index (χ1) is 20.2. The Kier molecular flexibility index (Phi) is 10.5. The third-order valence-electron chi connectivity index (χ3n) is 6.91. The summed E-state index contributed by atoms with van der Waals surface area (Å²) in [6, 6.07) is 17.2. The SMILES string of the molecule is Cc1ccc(C)c(C(C(=O)Nc2c(C)cccc2C)N(CC#N)C(=O)C(Cc2ccc(O)cc2)NC(=O)OC(C)(C)C)c1. The number of carbonyl (C=O) groups is 3. The number of hydrogen-bond donors (Lipinski definition) is 3. The lowest BCUT2D eigenvalue weighted by Gasteiger charge is -2.34. The van der Waals surface area contributed by atoms with E-state index >= 15 is 0 Å². The van der Waals surface area contributed by atoms with Gasteiger partial charge in [0.1, 0.15) is 30.0 Å². The monoisotopic (exact) mass is 584 g/mol. The molecule has 3 N–H and O–H groups in total. The predicted octanol–water partition coefficient (Wildman–Crippen LogP) is 5.79. The molecule has 3 rings (SSSR count). The zero-order valence-electron chi connectivity index (χ0n) is 25.8. The van der Waals surface area contributed by atoms with Crippen LogP contribution >= 0.6 is 0 Å². The molecule has 226 valence electrons. The standard InChI is InChI=1S/C34H40N4O5/c1-21-11-12-22(2)27(19-21)30(31(40)37-29-23(3)9-8-10-24(29)4)38(18-17-35)32(41)28(36-33(42)43-34(5,6)7)20-25-13-15-26(39)16-14-25/h8-16,19,28,30,39H,18,20H2,1-7H3,(H,36,42)(H,37,40). The quantitative estimate of drug-likeness (QED) is 0.273. The summed E-state index contributed by atoms with van der Waals surface area (Å²) in [5.41, 5.74) is 4.35. The second-order valence-electron chi connectivity index (χ2n) is 11.7. The van der Waals surface area contributed by atoms with Gasteiger partial charge < -0.3 is 25.4 Å². The van der Waals surface area contributed by atoms with Gasteiger partial charge in [-0.1, -0.05) is 54.1 Å². The van der Waals surface area contributed by atoms with Crippen molar-refractivity contribution in [3.8, 4) is 11.8 Å². The van der Waals surface area contributed by atoms with Crippen LogP contribution in [0.1, 0.15) is 60.2 Å². The van der Waals surface area contributed by atoms with E-state index in [1.165, 1.54) is 17.0 Å². The first-order valence-electron chi connectivity index (χ1n) is 14.1. The Bertz CT molecular complexity index is 1500. The van der Waals surface area contributed by atoms with Crippen molar-refractivity contribution in [3.05, 3.63) is 94.0 Å². The van der Waals surface area contributed by atoms with E-state index < -0.39 is 42.1 Å². The molecule has 0 aromatic heterocycles. The summed E-state index contributed by atoms with van der Waals surface area (Å²) in [6.07, 6.45) is -0.789. The highest BCUT2D eigenvalue weighted by molar-refractivity contribution is 6.00. The first kappa shape index (κ1) is 32.7. The first-order valence-corrected chi connectivity index (χ1v) is 14.1. The third kappa shape index (κ3) is 8.82. The molecule has 2 atom stereocenters. The highest BCUT2D eigenvalue weighted by Crippen LogP contribution is 2.30. The highest BCUT2D eigenvalue weighted by Gasteiger charge is 2.37. The van der Waals surface area contributed by atoms with E-state index in [1.54, 1.807) is 32.9 Å². The molecule has 9 heteroatoms. The Morgan fingerprint density at radius 3 is 2.16 bits per heavy atom. The number of hydrogen-bond acceptors (Lipinski definition) is 6. The minimum absolute atomic E-state index is 0.0261. The van der Waals surface area contributed by atoms with Crippen molar-refractivity contribution in [3.63, 3.8) is 0 Å². The third-order valence-corrected chi connectivity index (χ3v) is 6.91. The van der Waals surface area contributed by atoms with Crippen LogP contribution in [-0.2, 0) is 20.7 Å². The Morgan fingerprint density at radius 2 is 1.58 bits per heavy atom. The number of rotatable bonds is 9. The van der Waals surface area contributed by atoms with Gasteiger partial charge in [0.05, 0.1) is 6.07 Å². The molecule has 0 aliphatic rings. The van der Waals surface area contributed by atoms with Crippen LogP contribution in [0.5, 0.6) is 5.75 Å². The van der Waals surface area contributed by atoms with Crippen molar-refractivity contribution in [1.82, 2.24) is 10.2 Å². The number of phenols is 1. The normalized spacial score (nSPS) is 12.4. The van der Waals surface area contributed by atoms with E-state index in [-0.39, 0.29) is 12.2 Å². The molecular formula is C34H40N4O5. The lowest BCUT2D eigenvalue weighted by molar-refractivity contribution is -0.140. The van der Waals surface area contributed by atoms with Crippen LogP contribution < -0.4 is 10.6 Å². The van der Waals surface area contributed by atoms with Crippen LogP contribution in [0.3, 0.4) is 0 Å². The number of anilines is 1. The van der Waals surface area contributed by atoms with Crippen molar-refractivity contribution >= 4 is 23.6 Å². The van der Waals surface area contributed by atoms with Crippen LogP contribution in [-0.4, -0.2) is 46.1 Å². The van der Waals surface area contributed by atoms with E-state index in [1.807, 2.05) is 70.2 Å². The maximum atomic E-state index is 14.4. The molecule has 0 aliphatic heterocycles. The van der Waals surface area contributed by atoms with Crippen LogP contribution in [0.25, 0.3) is 0 Å². The average molecular weight is 585 g/mol. The molecule has 3 amide bonds. The van der Waals surface area contributed by atoms with E-state index in [0.29, 0.717) is 16.8 Å². The van der Waals surface area contributed by atoms with Crippen molar-refractivity contribution in [2.24, 2.45) is 0 Å². The molecule has 0 heterocycles. The largest absolute Gasteiger partial charge is 0.508 e. The maximum Gasteiger partial charge on any atom is 0.408 e. The number of carbonyl (C=O) groups excluding carboxylic acids is 3. The maximum absolute atomic E-state index is 14.4. The number of nitrogens with zero attached hydrogens (tertiary/aromatic N) is 2. The van der Waals surface area contributed by atoms with Gasteiger partial charge >= 0.3 is 6.09 Å². The summed E-state index contributed by atoms with van der Waals surface area (Å²) in [4.78, 5) is 42.7. The molecule has 2 unspecified atom stereocenters. The molecule has 9 nitrogen and oxygen atoms in total. The second kappa shape index (κ2) is 13.9. The molecular weight excluding hydrogens is 544 g/mol. The van der Waals surface area contributed by atoms with E-state index in [4.69, 9.17) is 4.74 Å². The minimum atomic E-state index is -1.19. The van der Waals surface area contributed by atoms with Crippen molar-refractivity contribution in [2.45, 2.75) is 72.6 Å².